The smallest absolute Gasteiger partial charge is 0.338 e. The highest BCUT2D eigenvalue weighted by Gasteiger charge is 2.31. The summed E-state index contributed by atoms with van der Waals surface area (Å²) in [6.45, 7) is 5.67. The van der Waals surface area contributed by atoms with E-state index in [0.29, 0.717) is 22.9 Å². The second kappa shape index (κ2) is 8.25. The minimum absolute atomic E-state index is 0.109. The SMILES string of the molecule is CC(C)Cc1ccc(C(=O)O[C@H](C)C(=O)N2CC(=O)Nc3ccccc32)cc1. The third-order valence-electron chi connectivity index (χ3n) is 4.50. The Morgan fingerprint density at radius 2 is 1.75 bits per heavy atom. The van der Waals surface area contributed by atoms with Gasteiger partial charge in [-0.1, -0.05) is 38.1 Å². The van der Waals surface area contributed by atoms with Crippen molar-refractivity contribution in [2.45, 2.75) is 33.3 Å². The lowest BCUT2D eigenvalue weighted by Crippen LogP contribution is -2.47. The highest BCUT2D eigenvalue weighted by atomic mass is 16.5. The number of nitrogens with zero attached hydrogens (tertiary/aromatic N) is 1. The monoisotopic (exact) mass is 380 g/mol. The average molecular weight is 380 g/mol. The van der Waals surface area contributed by atoms with Crippen molar-refractivity contribution in [2.75, 3.05) is 16.8 Å². The van der Waals surface area contributed by atoms with E-state index in [2.05, 4.69) is 19.2 Å². The molecule has 2 aromatic carbocycles. The van der Waals surface area contributed by atoms with Crippen molar-refractivity contribution >= 4 is 29.2 Å². The van der Waals surface area contributed by atoms with Crippen molar-refractivity contribution in [3.63, 3.8) is 0 Å². The highest BCUT2D eigenvalue weighted by molar-refractivity contribution is 6.11. The van der Waals surface area contributed by atoms with Gasteiger partial charge in [-0.2, -0.15) is 0 Å². The van der Waals surface area contributed by atoms with Gasteiger partial charge in [-0.25, -0.2) is 4.79 Å². The van der Waals surface area contributed by atoms with E-state index in [-0.39, 0.29) is 12.5 Å². The topological polar surface area (TPSA) is 75.7 Å². The Balaban J connectivity index is 1.69. The number of para-hydroxylation sites is 2. The van der Waals surface area contributed by atoms with Crippen molar-refractivity contribution in [1.82, 2.24) is 0 Å². The first-order valence-electron chi connectivity index (χ1n) is 9.35. The Kier molecular flexibility index (Phi) is 5.78. The van der Waals surface area contributed by atoms with Gasteiger partial charge in [0.25, 0.3) is 5.91 Å². The molecule has 1 aliphatic rings. The zero-order valence-electron chi connectivity index (χ0n) is 16.3. The summed E-state index contributed by atoms with van der Waals surface area (Å²) in [6, 6.07) is 14.2. The van der Waals surface area contributed by atoms with Gasteiger partial charge in [-0.05, 0) is 49.1 Å². The van der Waals surface area contributed by atoms with Crippen LogP contribution in [0.1, 0.15) is 36.7 Å². The Labute approximate surface area is 164 Å². The first-order chi connectivity index (χ1) is 13.3. The van der Waals surface area contributed by atoms with Gasteiger partial charge in [0.2, 0.25) is 5.91 Å². The van der Waals surface area contributed by atoms with E-state index in [1.54, 1.807) is 36.4 Å². The van der Waals surface area contributed by atoms with Gasteiger partial charge in [0, 0.05) is 0 Å². The van der Waals surface area contributed by atoms with Crippen molar-refractivity contribution in [3.8, 4) is 0 Å². The molecule has 0 saturated heterocycles. The summed E-state index contributed by atoms with van der Waals surface area (Å²) in [7, 11) is 0. The molecule has 28 heavy (non-hydrogen) atoms. The van der Waals surface area contributed by atoms with Crippen molar-refractivity contribution in [3.05, 3.63) is 59.7 Å². The van der Waals surface area contributed by atoms with E-state index in [1.165, 1.54) is 11.8 Å². The van der Waals surface area contributed by atoms with Crippen LogP contribution in [0.25, 0.3) is 0 Å². The molecule has 0 spiro atoms. The predicted octanol–water partition coefficient (Wildman–Crippen LogP) is 3.42. The fourth-order valence-electron chi connectivity index (χ4n) is 3.18. The average Bonchev–Trinajstić information content (AvgIpc) is 2.66. The number of amides is 2. The quantitative estimate of drug-likeness (QED) is 0.807. The van der Waals surface area contributed by atoms with E-state index in [9.17, 15) is 14.4 Å². The first-order valence-corrected chi connectivity index (χ1v) is 9.35. The Morgan fingerprint density at radius 1 is 1.07 bits per heavy atom. The third kappa shape index (κ3) is 4.39. The largest absolute Gasteiger partial charge is 0.449 e. The predicted molar refractivity (Wildman–Crippen MR) is 107 cm³/mol. The van der Waals surface area contributed by atoms with Crippen LogP contribution in [0.5, 0.6) is 0 Å². The molecule has 0 fully saturated rings. The summed E-state index contributed by atoms with van der Waals surface area (Å²) in [4.78, 5) is 38.5. The minimum atomic E-state index is -1.01. The maximum absolute atomic E-state index is 12.8. The fraction of sp³-hybridized carbons (Fsp3) is 0.318. The van der Waals surface area contributed by atoms with Crippen molar-refractivity contribution in [2.24, 2.45) is 5.92 Å². The number of rotatable bonds is 5. The molecule has 1 atom stereocenters. The molecule has 6 heteroatoms. The van der Waals surface area contributed by atoms with E-state index in [4.69, 9.17) is 4.74 Å². The Morgan fingerprint density at radius 3 is 2.43 bits per heavy atom. The molecular formula is C22H24N2O4. The number of carbonyl (C=O) groups is 3. The molecular weight excluding hydrogens is 356 g/mol. The second-order valence-corrected chi connectivity index (χ2v) is 7.33. The number of nitrogens with one attached hydrogen (secondary N) is 1. The van der Waals surface area contributed by atoms with Gasteiger partial charge >= 0.3 is 5.97 Å². The molecule has 2 aromatic rings. The molecule has 1 N–H and O–H groups in total. The van der Waals surface area contributed by atoms with Crippen LogP contribution < -0.4 is 10.2 Å². The summed E-state index contributed by atoms with van der Waals surface area (Å²) in [5.74, 6) is -0.759. The zero-order valence-corrected chi connectivity index (χ0v) is 16.3. The van der Waals surface area contributed by atoms with E-state index in [1.807, 2.05) is 12.1 Å². The van der Waals surface area contributed by atoms with E-state index < -0.39 is 18.0 Å². The highest BCUT2D eigenvalue weighted by Crippen LogP contribution is 2.29. The normalized spacial score (nSPS) is 14.3. The number of ether oxygens (including phenoxy) is 1. The van der Waals surface area contributed by atoms with Crippen LogP contribution in [0.15, 0.2) is 48.5 Å². The van der Waals surface area contributed by atoms with Crippen LogP contribution in [-0.4, -0.2) is 30.4 Å². The van der Waals surface area contributed by atoms with Gasteiger partial charge < -0.3 is 10.1 Å². The van der Waals surface area contributed by atoms with Crippen LogP contribution in [0, 0.1) is 5.92 Å². The molecule has 0 radical (unpaired) electrons. The molecule has 3 rings (SSSR count). The summed E-state index contributed by atoms with van der Waals surface area (Å²) in [6.07, 6.45) is -0.0810. The molecule has 6 nitrogen and oxygen atoms in total. The van der Waals surface area contributed by atoms with Gasteiger partial charge in [-0.3, -0.25) is 14.5 Å². The maximum Gasteiger partial charge on any atom is 0.338 e. The molecule has 0 aliphatic carbocycles. The molecule has 2 amide bonds. The fourth-order valence-corrected chi connectivity index (χ4v) is 3.18. The molecule has 146 valence electrons. The van der Waals surface area contributed by atoms with Gasteiger partial charge in [0.15, 0.2) is 6.10 Å². The zero-order chi connectivity index (χ0) is 20.3. The van der Waals surface area contributed by atoms with Crippen LogP contribution in [-0.2, 0) is 20.7 Å². The summed E-state index contributed by atoms with van der Waals surface area (Å²) >= 11 is 0. The lowest BCUT2D eigenvalue weighted by Gasteiger charge is -2.30. The Bertz CT molecular complexity index is 890. The standard InChI is InChI=1S/C22H24N2O4/c1-14(2)12-16-8-10-17(11-9-16)22(27)28-15(3)21(26)24-13-20(25)23-18-6-4-5-7-19(18)24/h4-11,14-15H,12-13H2,1-3H3,(H,23,25)/t15-/m1/s1. The van der Waals surface area contributed by atoms with Gasteiger partial charge in [-0.15, -0.1) is 0 Å². The molecule has 0 saturated carbocycles. The molecule has 1 aliphatic heterocycles. The maximum atomic E-state index is 12.8. The van der Waals surface area contributed by atoms with Gasteiger partial charge in [0.1, 0.15) is 6.54 Å². The second-order valence-electron chi connectivity index (χ2n) is 7.33. The minimum Gasteiger partial charge on any atom is -0.449 e. The molecule has 0 bridgehead atoms. The molecule has 1 heterocycles. The summed E-state index contributed by atoms with van der Waals surface area (Å²) in [5.41, 5.74) is 2.69. The number of anilines is 2. The Hall–Kier alpha value is -3.15. The lowest BCUT2D eigenvalue weighted by molar-refractivity contribution is -0.128. The summed E-state index contributed by atoms with van der Waals surface area (Å²) < 4.78 is 5.36. The van der Waals surface area contributed by atoms with Crippen molar-refractivity contribution in [1.29, 1.82) is 0 Å². The number of benzene rings is 2. The number of esters is 1. The first kappa shape index (κ1) is 19.6. The third-order valence-corrected chi connectivity index (χ3v) is 4.50. The number of hydrogen-bond donors (Lipinski definition) is 1. The van der Waals surface area contributed by atoms with Crippen molar-refractivity contribution < 1.29 is 19.1 Å². The number of fused-ring (bicyclic) bond motifs is 1. The van der Waals surface area contributed by atoms with Crippen LogP contribution in [0.4, 0.5) is 11.4 Å². The summed E-state index contributed by atoms with van der Waals surface area (Å²) in [5, 5.41) is 2.73. The lowest BCUT2D eigenvalue weighted by atomic mass is 10.0. The molecule has 0 unspecified atom stereocenters. The van der Waals surface area contributed by atoms with Crippen LogP contribution in [0.3, 0.4) is 0 Å². The van der Waals surface area contributed by atoms with Gasteiger partial charge in [0.05, 0.1) is 16.9 Å². The molecule has 0 aromatic heterocycles. The number of hydrogen-bond acceptors (Lipinski definition) is 4. The number of carbonyl (C=O) groups excluding carboxylic acids is 3. The van der Waals surface area contributed by atoms with Crippen LogP contribution >= 0.6 is 0 Å². The van der Waals surface area contributed by atoms with E-state index >= 15 is 0 Å². The van der Waals surface area contributed by atoms with E-state index in [0.717, 1.165) is 12.0 Å². The van der Waals surface area contributed by atoms with Crippen LogP contribution in [0.2, 0.25) is 0 Å².